The quantitative estimate of drug-likeness (QED) is 0.677. The molecule has 3 nitrogen and oxygen atoms in total. The van der Waals surface area contributed by atoms with Crippen molar-refractivity contribution < 1.29 is 8.78 Å². The first kappa shape index (κ1) is 13.3. The lowest BCUT2D eigenvalue weighted by atomic mass is 10.1. The maximum Gasteiger partial charge on any atom is 0.300 e. The van der Waals surface area contributed by atoms with Gasteiger partial charge in [0.25, 0.3) is 5.66 Å². The predicted octanol–water partition coefficient (Wildman–Crippen LogP) is 3.41. The molecule has 0 aliphatic heterocycles. The molecule has 1 heterocycles. The average Bonchev–Trinajstić information content (AvgIpc) is 2.31. The van der Waals surface area contributed by atoms with Crippen LogP contribution in [-0.4, -0.2) is 9.97 Å². The van der Waals surface area contributed by atoms with Crippen LogP contribution in [0.4, 0.5) is 14.5 Å². The summed E-state index contributed by atoms with van der Waals surface area (Å²) in [5.74, 6) is 0. The SMILES string of the molecule is Nc1ccc(Br)cc1-c1cc(C(F)(F)P)ncn1. The summed E-state index contributed by atoms with van der Waals surface area (Å²) in [6, 6.07) is 6.40. The molecule has 0 amide bonds. The van der Waals surface area contributed by atoms with Crippen LogP contribution in [0, 0.1) is 0 Å². The molecule has 2 rings (SSSR count). The Bertz CT molecular complexity index is 587. The smallest absolute Gasteiger partial charge is 0.300 e. The maximum atomic E-state index is 13.2. The second-order valence-electron chi connectivity index (χ2n) is 3.64. The summed E-state index contributed by atoms with van der Waals surface area (Å²) in [6.07, 6.45) is 1.10. The van der Waals surface area contributed by atoms with Crippen molar-refractivity contribution in [2.75, 3.05) is 5.73 Å². The Morgan fingerprint density at radius 1 is 1.22 bits per heavy atom. The van der Waals surface area contributed by atoms with Gasteiger partial charge in [0.05, 0.1) is 5.69 Å². The standard InChI is InChI=1S/C11H9BrF2N3P/c12-6-1-2-8(15)7(3-6)9-4-10(11(13,14)18)17-5-16-9/h1-5H,15,18H2. The minimum atomic E-state index is -3.08. The van der Waals surface area contributed by atoms with Gasteiger partial charge in [-0.05, 0) is 24.3 Å². The number of anilines is 1. The first-order chi connectivity index (χ1) is 8.38. The van der Waals surface area contributed by atoms with E-state index in [0.717, 1.165) is 10.8 Å². The van der Waals surface area contributed by atoms with Gasteiger partial charge in [-0.1, -0.05) is 25.2 Å². The molecule has 0 bridgehead atoms. The lowest BCUT2D eigenvalue weighted by molar-refractivity contribution is 0.0985. The maximum absolute atomic E-state index is 13.2. The van der Waals surface area contributed by atoms with Crippen LogP contribution < -0.4 is 5.73 Å². The fourth-order valence-corrected chi connectivity index (χ4v) is 1.96. The van der Waals surface area contributed by atoms with Gasteiger partial charge in [-0.2, -0.15) is 8.78 Å². The molecule has 1 unspecified atom stereocenters. The zero-order valence-electron chi connectivity index (χ0n) is 9.07. The topological polar surface area (TPSA) is 51.8 Å². The van der Waals surface area contributed by atoms with E-state index in [9.17, 15) is 8.78 Å². The number of hydrogen-bond donors (Lipinski definition) is 1. The van der Waals surface area contributed by atoms with E-state index in [1.54, 1.807) is 18.2 Å². The summed E-state index contributed by atoms with van der Waals surface area (Å²) < 4.78 is 27.1. The van der Waals surface area contributed by atoms with E-state index in [4.69, 9.17) is 5.73 Å². The first-order valence-corrected chi connectivity index (χ1v) is 6.29. The molecular formula is C11H9BrF2N3P. The Balaban J connectivity index is 2.55. The van der Waals surface area contributed by atoms with Gasteiger partial charge in [0.15, 0.2) is 0 Å². The lowest BCUT2D eigenvalue weighted by Gasteiger charge is -2.11. The van der Waals surface area contributed by atoms with E-state index in [1.807, 2.05) is 0 Å². The van der Waals surface area contributed by atoms with E-state index in [2.05, 4.69) is 25.9 Å². The molecule has 0 aliphatic carbocycles. The number of nitrogens with two attached hydrogens (primary N) is 1. The monoisotopic (exact) mass is 331 g/mol. The van der Waals surface area contributed by atoms with E-state index >= 15 is 0 Å². The minimum absolute atomic E-state index is 0.362. The molecule has 94 valence electrons. The summed E-state index contributed by atoms with van der Waals surface area (Å²) in [4.78, 5) is 7.52. The van der Waals surface area contributed by atoms with Crippen molar-refractivity contribution in [1.29, 1.82) is 0 Å². The van der Waals surface area contributed by atoms with Crippen molar-refractivity contribution in [3.63, 3.8) is 0 Å². The molecular weight excluding hydrogens is 323 g/mol. The van der Waals surface area contributed by atoms with Crippen molar-refractivity contribution in [2.24, 2.45) is 0 Å². The molecule has 0 spiro atoms. The number of aromatic nitrogens is 2. The predicted molar refractivity (Wildman–Crippen MR) is 73.2 cm³/mol. The normalized spacial score (nSPS) is 11.6. The Morgan fingerprint density at radius 3 is 2.61 bits per heavy atom. The minimum Gasteiger partial charge on any atom is -0.398 e. The third kappa shape index (κ3) is 2.82. The third-order valence-electron chi connectivity index (χ3n) is 2.30. The van der Waals surface area contributed by atoms with Gasteiger partial charge in [0.1, 0.15) is 12.0 Å². The second-order valence-corrected chi connectivity index (χ2v) is 5.28. The Morgan fingerprint density at radius 2 is 1.94 bits per heavy atom. The highest BCUT2D eigenvalue weighted by atomic mass is 79.9. The van der Waals surface area contributed by atoms with Gasteiger partial charge in [-0.25, -0.2) is 9.97 Å². The van der Waals surface area contributed by atoms with Crippen LogP contribution in [-0.2, 0) is 5.66 Å². The lowest BCUT2D eigenvalue weighted by Crippen LogP contribution is -2.06. The molecule has 1 atom stereocenters. The Hall–Kier alpha value is -1.13. The molecule has 18 heavy (non-hydrogen) atoms. The molecule has 0 fully saturated rings. The number of rotatable bonds is 2. The largest absolute Gasteiger partial charge is 0.398 e. The molecule has 1 aromatic carbocycles. The average molecular weight is 332 g/mol. The number of hydrogen-bond acceptors (Lipinski definition) is 3. The van der Waals surface area contributed by atoms with Crippen LogP contribution in [0.2, 0.25) is 0 Å². The molecule has 7 heteroatoms. The molecule has 0 radical (unpaired) electrons. The Kier molecular flexibility index (Phi) is 3.59. The molecule has 2 aromatic rings. The van der Waals surface area contributed by atoms with Crippen molar-refractivity contribution in [2.45, 2.75) is 5.66 Å². The van der Waals surface area contributed by atoms with Gasteiger partial charge >= 0.3 is 0 Å². The van der Waals surface area contributed by atoms with E-state index in [1.165, 1.54) is 15.3 Å². The number of nitrogens with zero attached hydrogens (tertiary/aromatic N) is 2. The van der Waals surface area contributed by atoms with Gasteiger partial charge in [-0.15, -0.1) is 0 Å². The zero-order valence-corrected chi connectivity index (χ0v) is 11.8. The molecule has 0 saturated heterocycles. The van der Waals surface area contributed by atoms with Crippen LogP contribution in [0.5, 0.6) is 0 Å². The summed E-state index contributed by atoms with van der Waals surface area (Å²) >= 11 is 3.30. The Labute approximate surface area is 113 Å². The highest BCUT2D eigenvalue weighted by Crippen LogP contribution is 2.35. The summed E-state index contributed by atoms with van der Waals surface area (Å²) in [5, 5.41) is 0. The van der Waals surface area contributed by atoms with Crippen LogP contribution in [0.15, 0.2) is 35.1 Å². The van der Waals surface area contributed by atoms with E-state index in [-0.39, 0.29) is 5.69 Å². The fraction of sp³-hybridized carbons (Fsp3) is 0.0909. The second kappa shape index (κ2) is 4.86. The van der Waals surface area contributed by atoms with Gasteiger partial charge in [0.2, 0.25) is 0 Å². The van der Waals surface area contributed by atoms with Crippen LogP contribution >= 0.6 is 25.2 Å². The number of halogens is 3. The van der Waals surface area contributed by atoms with Gasteiger partial charge in [-0.3, -0.25) is 0 Å². The first-order valence-electron chi connectivity index (χ1n) is 4.92. The number of nitrogen functional groups attached to an aromatic ring is 1. The molecule has 1 aromatic heterocycles. The fourth-order valence-electron chi connectivity index (χ4n) is 1.44. The van der Waals surface area contributed by atoms with E-state index in [0.29, 0.717) is 16.9 Å². The van der Waals surface area contributed by atoms with Crippen molar-refractivity contribution in [3.05, 3.63) is 40.8 Å². The molecule has 2 N–H and O–H groups in total. The molecule has 0 saturated carbocycles. The van der Waals surface area contributed by atoms with Crippen molar-refractivity contribution in [3.8, 4) is 11.3 Å². The van der Waals surface area contributed by atoms with Crippen LogP contribution in [0.1, 0.15) is 5.69 Å². The highest BCUT2D eigenvalue weighted by Gasteiger charge is 2.27. The van der Waals surface area contributed by atoms with Gasteiger partial charge < -0.3 is 5.73 Å². The summed E-state index contributed by atoms with van der Waals surface area (Å²) in [6.45, 7) is 0. The molecule has 0 aliphatic rings. The summed E-state index contributed by atoms with van der Waals surface area (Å²) in [7, 11) is 1.45. The summed E-state index contributed by atoms with van der Waals surface area (Å²) in [5.41, 5.74) is 3.77. The number of alkyl halides is 2. The highest BCUT2D eigenvalue weighted by molar-refractivity contribution is 9.10. The number of benzene rings is 1. The van der Waals surface area contributed by atoms with E-state index < -0.39 is 5.66 Å². The van der Waals surface area contributed by atoms with Crippen LogP contribution in [0.3, 0.4) is 0 Å². The zero-order chi connectivity index (χ0) is 13.3. The third-order valence-corrected chi connectivity index (χ3v) is 3.09. The van der Waals surface area contributed by atoms with Crippen molar-refractivity contribution >= 4 is 30.9 Å². The van der Waals surface area contributed by atoms with Crippen LogP contribution in [0.25, 0.3) is 11.3 Å². The van der Waals surface area contributed by atoms with Crippen molar-refractivity contribution in [1.82, 2.24) is 9.97 Å². The van der Waals surface area contributed by atoms with Gasteiger partial charge in [0, 0.05) is 15.7 Å².